The average Bonchev–Trinajstić information content (AvgIpc) is 2.73. The van der Waals surface area contributed by atoms with Crippen molar-refractivity contribution < 1.29 is 4.39 Å². The van der Waals surface area contributed by atoms with Gasteiger partial charge in [0.15, 0.2) is 0 Å². The number of fused-ring (bicyclic) bond motifs is 1. The van der Waals surface area contributed by atoms with Crippen molar-refractivity contribution in [2.24, 2.45) is 0 Å². The summed E-state index contributed by atoms with van der Waals surface area (Å²) < 4.78 is 15.0. The van der Waals surface area contributed by atoms with Gasteiger partial charge in [0.05, 0.1) is 11.9 Å². The van der Waals surface area contributed by atoms with Gasteiger partial charge in [-0.15, -0.1) is 0 Å². The molecule has 3 aromatic heterocycles. The fraction of sp³-hybridized carbons (Fsp3) is 0.154. The molecule has 4 nitrogen and oxygen atoms in total. The topological polar surface area (TPSA) is 43.1 Å². The number of hydrogen-bond acceptors (Lipinski definition) is 3. The van der Waals surface area contributed by atoms with E-state index < -0.39 is 0 Å². The fourth-order valence-electron chi connectivity index (χ4n) is 1.96. The number of pyridine rings is 1. The van der Waals surface area contributed by atoms with Crippen LogP contribution in [0.1, 0.15) is 11.4 Å². The van der Waals surface area contributed by atoms with Crippen LogP contribution in [0.2, 0.25) is 0 Å². The minimum Gasteiger partial charge on any atom is -0.288 e. The van der Waals surface area contributed by atoms with E-state index in [2.05, 4.69) is 15.0 Å². The third-order valence-corrected chi connectivity index (χ3v) is 2.76. The Morgan fingerprint density at radius 3 is 2.72 bits per heavy atom. The summed E-state index contributed by atoms with van der Waals surface area (Å²) in [6.45, 7) is 3.90. The molecule has 3 heterocycles. The molecule has 0 radical (unpaired) electrons. The molecule has 5 heteroatoms. The standard InChI is InChI=1S/C13H11FN4/c1-8-3-9(2)18-7-12(17-13(18)16-8)10-4-11(14)6-15-5-10/h3-7H,1-2H3. The number of halogens is 1. The van der Waals surface area contributed by atoms with E-state index in [1.165, 1.54) is 12.3 Å². The Bertz CT molecular complexity index is 733. The third kappa shape index (κ3) is 1.73. The van der Waals surface area contributed by atoms with Crippen molar-refractivity contribution in [3.05, 3.63) is 47.9 Å². The maximum absolute atomic E-state index is 13.1. The van der Waals surface area contributed by atoms with Gasteiger partial charge in [-0.05, 0) is 26.0 Å². The lowest BCUT2D eigenvalue weighted by Crippen LogP contribution is -1.94. The van der Waals surface area contributed by atoms with Crippen molar-refractivity contribution in [1.29, 1.82) is 0 Å². The molecule has 0 saturated heterocycles. The average molecular weight is 242 g/mol. The van der Waals surface area contributed by atoms with Crippen molar-refractivity contribution in [2.45, 2.75) is 13.8 Å². The lowest BCUT2D eigenvalue weighted by molar-refractivity contribution is 0.622. The summed E-state index contributed by atoms with van der Waals surface area (Å²) in [5.41, 5.74) is 3.27. The smallest absolute Gasteiger partial charge is 0.234 e. The van der Waals surface area contributed by atoms with Crippen molar-refractivity contribution in [1.82, 2.24) is 19.4 Å². The quantitative estimate of drug-likeness (QED) is 0.658. The van der Waals surface area contributed by atoms with Crippen LogP contribution in [0.5, 0.6) is 0 Å². The highest BCUT2D eigenvalue weighted by atomic mass is 19.1. The van der Waals surface area contributed by atoms with Gasteiger partial charge in [0.2, 0.25) is 5.78 Å². The molecule has 18 heavy (non-hydrogen) atoms. The zero-order valence-electron chi connectivity index (χ0n) is 10.1. The molecule has 3 rings (SSSR count). The SMILES string of the molecule is Cc1cc(C)n2cc(-c3cncc(F)c3)nc2n1. The van der Waals surface area contributed by atoms with Crippen LogP contribution < -0.4 is 0 Å². The number of hydrogen-bond donors (Lipinski definition) is 0. The van der Waals surface area contributed by atoms with Gasteiger partial charge in [0.25, 0.3) is 0 Å². The van der Waals surface area contributed by atoms with Gasteiger partial charge in [-0.2, -0.15) is 0 Å². The first kappa shape index (κ1) is 10.8. The second-order valence-electron chi connectivity index (χ2n) is 4.23. The Labute approximate surface area is 103 Å². The molecular formula is C13H11FN4. The summed E-state index contributed by atoms with van der Waals surface area (Å²) in [6.07, 6.45) is 4.60. The Morgan fingerprint density at radius 1 is 1.11 bits per heavy atom. The van der Waals surface area contributed by atoms with E-state index in [9.17, 15) is 4.39 Å². The Morgan fingerprint density at radius 2 is 1.94 bits per heavy atom. The third-order valence-electron chi connectivity index (χ3n) is 2.76. The van der Waals surface area contributed by atoms with Crippen molar-refractivity contribution in [3.63, 3.8) is 0 Å². The van der Waals surface area contributed by atoms with Crippen LogP contribution in [0.4, 0.5) is 4.39 Å². The first-order valence-corrected chi connectivity index (χ1v) is 5.58. The van der Waals surface area contributed by atoms with Crippen LogP contribution >= 0.6 is 0 Å². The number of aromatic nitrogens is 4. The molecule has 0 amide bonds. The second-order valence-corrected chi connectivity index (χ2v) is 4.23. The lowest BCUT2D eigenvalue weighted by atomic mass is 10.2. The fourth-order valence-corrected chi connectivity index (χ4v) is 1.96. The minimum atomic E-state index is -0.370. The van der Waals surface area contributed by atoms with E-state index in [0.717, 1.165) is 11.4 Å². The summed E-state index contributed by atoms with van der Waals surface area (Å²) in [6, 6.07) is 3.39. The van der Waals surface area contributed by atoms with E-state index >= 15 is 0 Å². The maximum atomic E-state index is 13.1. The van der Waals surface area contributed by atoms with E-state index in [4.69, 9.17) is 0 Å². The summed E-state index contributed by atoms with van der Waals surface area (Å²) in [5, 5.41) is 0. The van der Waals surface area contributed by atoms with Crippen molar-refractivity contribution >= 4 is 5.78 Å². The molecule has 0 saturated carbocycles. The highest BCUT2D eigenvalue weighted by Crippen LogP contribution is 2.19. The predicted octanol–water partition coefficient (Wildman–Crippen LogP) is 2.55. The van der Waals surface area contributed by atoms with Gasteiger partial charge in [0, 0.05) is 29.3 Å². The Hall–Kier alpha value is -2.30. The Kier molecular flexibility index (Phi) is 2.33. The van der Waals surface area contributed by atoms with E-state index in [0.29, 0.717) is 17.0 Å². The lowest BCUT2D eigenvalue weighted by Gasteiger charge is -1.98. The van der Waals surface area contributed by atoms with Gasteiger partial charge in [-0.25, -0.2) is 14.4 Å². The van der Waals surface area contributed by atoms with Gasteiger partial charge in [-0.3, -0.25) is 9.38 Å². The van der Waals surface area contributed by atoms with Crippen LogP contribution in [0, 0.1) is 19.7 Å². The molecule has 0 unspecified atom stereocenters. The van der Waals surface area contributed by atoms with E-state index in [1.54, 1.807) is 6.20 Å². The van der Waals surface area contributed by atoms with Crippen LogP contribution in [0.25, 0.3) is 17.0 Å². The largest absolute Gasteiger partial charge is 0.288 e. The first-order valence-electron chi connectivity index (χ1n) is 5.58. The molecule has 3 aromatic rings. The molecular weight excluding hydrogens is 231 g/mol. The zero-order valence-corrected chi connectivity index (χ0v) is 10.1. The summed E-state index contributed by atoms with van der Waals surface area (Å²) in [7, 11) is 0. The monoisotopic (exact) mass is 242 g/mol. The van der Waals surface area contributed by atoms with Crippen LogP contribution in [0.3, 0.4) is 0 Å². The van der Waals surface area contributed by atoms with Gasteiger partial charge in [-0.1, -0.05) is 0 Å². The van der Waals surface area contributed by atoms with Crippen LogP contribution in [-0.4, -0.2) is 19.4 Å². The Balaban J connectivity index is 2.22. The minimum absolute atomic E-state index is 0.370. The first-order chi connectivity index (χ1) is 8.63. The second kappa shape index (κ2) is 3.87. The molecule has 0 N–H and O–H groups in total. The predicted molar refractivity (Wildman–Crippen MR) is 65.7 cm³/mol. The molecule has 90 valence electrons. The normalized spacial score (nSPS) is 11.1. The molecule has 0 bridgehead atoms. The molecule has 0 spiro atoms. The molecule has 0 fully saturated rings. The number of nitrogens with zero attached hydrogens (tertiary/aromatic N) is 4. The summed E-state index contributed by atoms with van der Waals surface area (Å²) in [5.74, 6) is 0.247. The van der Waals surface area contributed by atoms with Crippen molar-refractivity contribution in [3.8, 4) is 11.3 Å². The zero-order chi connectivity index (χ0) is 12.7. The highest BCUT2D eigenvalue weighted by molar-refractivity contribution is 5.60. The number of imidazole rings is 1. The van der Waals surface area contributed by atoms with E-state index in [-0.39, 0.29) is 5.82 Å². The molecule has 0 atom stereocenters. The number of rotatable bonds is 1. The molecule has 0 aromatic carbocycles. The van der Waals surface area contributed by atoms with Crippen LogP contribution in [0.15, 0.2) is 30.7 Å². The highest BCUT2D eigenvalue weighted by Gasteiger charge is 2.08. The number of aryl methyl sites for hydroxylation is 2. The molecule has 0 aliphatic heterocycles. The summed E-state index contributed by atoms with van der Waals surface area (Å²) in [4.78, 5) is 12.6. The summed E-state index contributed by atoms with van der Waals surface area (Å²) >= 11 is 0. The molecule has 0 aliphatic carbocycles. The van der Waals surface area contributed by atoms with Gasteiger partial charge < -0.3 is 0 Å². The van der Waals surface area contributed by atoms with E-state index in [1.807, 2.05) is 30.5 Å². The van der Waals surface area contributed by atoms with Gasteiger partial charge in [0.1, 0.15) is 5.82 Å². The van der Waals surface area contributed by atoms with Gasteiger partial charge >= 0.3 is 0 Å². The van der Waals surface area contributed by atoms with Crippen molar-refractivity contribution in [2.75, 3.05) is 0 Å². The molecule has 0 aliphatic rings. The van der Waals surface area contributed by atoms with Crippen LogP contribution in [-0.2, 0) is 0 Å². The maximum Gasteiger partial charge on any atom is 0.234 e.